The van der Waals surface area contributed by atoms with Gasteiger partial charge in [-0.15, -0.1) is 0 Å². The van der Waals surface area contributed by atoms with Crippen molar-refractivity contribution < 1.29 is 13.2 Å². The van der Waals surface area contributed by atoms with E-state index >= 15 is 0 Å². The van der Waals surface area contributed by atoms with E-state index in [2.05, 4.69) is 20.9 Å². The van der Waals surface area contributed by atoms with E-state index in [1.54, 1.807) is 0 Å². The van der Waals surface area contributed by atoms with E-state index in [9.17, 15) is 8.42 Å². The molecule has 1 atom stereocenters. The van der Waals surface area contributed by atoms with E-state index < -0.39 is 10.0 Å². The molecule has 8 heteroatoms. The Morgan fingerprint density at radius 2 is 2.37 bits per heavy atom. The minimum atomic E-state index is -3.64. The van der Waals surface area contributed by atoms with Crippen LogP contribution in [0.3, 0.4) is 0 Å². The maximum atomic E-state index is 12.4. The highest BCUT2D eigenvalue weighted by Crippen LogP contribution is 2.24. The second-order valence-electron chi connectivity index (χ2n) is 4.46. The van der Waals surface area contributed by atoms with Crippen molar-refractivity contribution in [2.24, 2.45) is 0 Å². The molecule has 1 aliphatic heterocycles. The van der Waals surface area contributed by atoms with E-state index in [1.165, 1.54) is 23.6 Å². The van der Waals surface area contributed by atoms with Crippen LogP contribution in [-0.4, -0.2) is 44.0 Å². The molecule has 6 nitrogen and oxygen atoms in total. The number of nitrogens with two attached hydrogens (primary N) is 1. The number of rotatable bonds is 4. The standard InChI is InChI=1S/C11H16BrN3O3S/c1-15(7-9-3-2-4-18-9)19(16,17)10-5-8(12)6-14-11(10)13/h5-6,9H,2-4,7H2,1H3,(H2,13,14). The molecule has 1 saturated heterocycles. The Kier molecular flexibility index (Phi) is 4.44. The minimum Gasteiger partial charge on any atom is -0.383 e. The number of hydrogen-bond donors (Lipinski definition) is 1. The number of ether oxygens (including phenoxy) is 1. The summed E-state index contributed by atoms with van der Waals surface area (Å²) in [5.41, 5.74) is 5.65. The van der Waals surface area contributed by atoms with Crippen LogP contribution in [0.1, 0.15) is 12.8 Å². The van der Waals surface area contributed by atoms with Crippen LogP contribution in [0, 0.1) is 0 Å². The first-order chi connectivity index (χ1) is 8.91. The van der Waals surface area contributed by atoms with Crippen LogP contribution in [-0.2, 0) is 14.8 Å². The van der Waals surface area contributed by atoms with Crippen molar-refractivity contribution in [3.63, 3.8) is 0 Å². The summed E-state index contributed by atoms with van der Waals surface area (Å²) in [6.07, 6.45) is 3.28. The lowest BCUT2D eigenvalue weighted by atomic mass is 10.2. The van der Waals surface area contributed by atoms with Crippen LogP contribution in [0.25, 0.3) is 0 Å². The minimum absolute atomic E-state index is 0.00221. The number of aromatic nitrogens is 1. The van der Waals surface area contributed by atoms with Gasteiger partial charge >= 0.3 is 0 Å². The highest BCUT2D eigenvalue weighted by atomic mass is 79.9. The molecule has 1 fully saturated rings. The third-order valence-electron chi connectivity index (χ3n) is 3.02. The Hall–Kier alpha value is -0.700. The molecule has 1 unspecified atom stereocenters. The van der Waals surface area contributed by atoms with Gasteiger partial charge in [-0.05, 0) is 34.8 Å². The SMILES string of the molecule is CN(CC1CCCO1)S(=O)(=O)c1cc(Br)cnc1N. The molecule has 0 aliphatic carbocycles. The summed E-state index contributed by atoms with van der Waals surface area (Å²) in [5, 5.41) is 0. The molecule has 1 aliphatic rings. The molecule has 0 amide bonds. The summed E-state index contributed by atoms with van der Waals surface area (Å²) in [5.74, 6) is 0.00221. The second-order valence-corrected chi connectivity index (χ2v) is 7.39. The zero-order chi connectivity index (χ0) is 14.0. The molecular weight excluding hydrogens is 334 g/mol. The highest BCUT2D eigenvalue weighted by molar-refractivity contribution is 9.10. The molecule has 106 valence electrons. The maximum Gasteiger partial charge on any atom is 0.246 e. The average molecular weight is 350 g/mol. The number of nitrogen functional groups attached to an aromatic ring is 1. The van der Waals surface area contributed by atoms with Gasteiger partial charge in [-0.1, -0.05) is 0 Å². The molecule has 2 N–H and O–H groups in total. The summed E-state index contributed by atoms with van der Waals surface area (Å²) in [7, 11) is -2.12. The molecule has 0 saturated carbocycles. The van der Waals surface area contributed by atoms with E-state index in [1.807, 2.05) is 0 Å². The zero-order valence-electron chi connectivity index (χ0n) is 10.5. The predicted molar refractivity (Wildman–Crippen MR) is 75.1 cm³/mol. The van der Waals surface area contributed by atoms with Crippen molar-refractivity contribution in [3.05, 3.63) is 16.7 Å². The monoisotopic (exact) mass is 349 g/mol. The van der Waals surface area contributed by atoms with Gasteiger partial charge in [-0.3, -0.25) is 0 Å². The Morgan fingerprint density at radius 1 is 1.63 bits per heavy atom. The third kappa shape index (κ3) is 3.25. The first-order valence-corrected chi connectivity index (χ1v) is 8.13. The van der Waals surface area contributed by atoms with Gasteiger partial charge in [0.1, 0.15) is 10.7 Å². The Morgan fingerprint density at radius 3 is 3.00 bits per heavy atom. The molecule has 0 radical (unpaired) electrons. The molecule has 1 aromatic heterocycles. The maximum absolute atomic E-state index is 12.4. The Bertz CT molecular complexity index is 558. The van der Waals surface area contributed by atoms with Crippen LogP contribution >= 0.6 is 15.9 Å². The average Bonchev–Trinajstić information content (AvgIpc) is 2.85. The number of hydrogen-bond acceptors (Lipinski definition) is 5. The summed E-state index contributed by atoms with van der Waals surface area (Å²) in [6, 6.07) is 1.46. The van der Waals surface area contributed by atoms with Gasteiger partial charge in [0.25, 0.3) is 0 Å². The number of sulfonamides is 1. The van der Waals surface area contributed by atoms with Gasteiger partial charge < -0.3 is 10.5 Å². The van der Waals surface area contributed by atoms with Gasteiger partial charge in [0.15, 0.2) is 0 Å². The smallest absolute Gasteiger partial charge is 0.246 e. The fourth-order valence-corrected chi connectivity index (χ4v) is 3.75. The number of pyridine rings is 1. The van der Waals surface area contributed by atoms with Gasteiger partial charge in [-0.25, -0.2) is 13.4 Å². The largest absolute Gasteiger partial charge is 0.383 e. The molecule has 2 rings (SSSR count). The Labute approximate surface area is 121 Å². The predicted octanol–water partition coefficient (Wildman–Crippen LogP) is 1.23. The van der Waals surface area contributed by atoms with Crippen LogP contribution in [0.2, 0.25) is 0 Å². The molecule has 1 aromatic rings. The van der Waals surface area contributed by atoms with Crippen molar-refractivity contribution in [3.8, 4) is 0 Å². The Balaban J connectivity index is 2.22. The van der Waals surface area contributed by atoms with Gasteiger partial charge in [-0.2, -0.15) is 4.31 Å². The fourth-order valence-electron chi connectivity index (χ4n) is 1.98. The lowest BCUT2D eigenvalue weighted by Crippen LogP contribution is -2.34. The van der Waals surface area contributed by atoms with E-state index in [4.69, 9.17) is 10.5 Å². The van der Waals surface area contributed by atoms with E-state index in [-0.39, 0.29) is 16.8 Å². The quantitative estimate of drug-likeness (QED) is 0.883. The summed E-state index contributed by atoms with van der Waals surface area (Å²) in [4.78, 5) is 3.87. The summed E-state index contributed by atoms with van der Waals surface area (Å²) >= 11 is 3.20. The van der Waals surface area contributed by atoms with Crippen LogP contribution in [0.5, 0.6) is 0 Å². The highest BCUT2D eigenvalue weighted by Gasteiger charge is 2.28. The van der Waals surface area contributed by atoms with Crippen molar-refractivity contribution in [1.82, 2.24) is 9.29 Å². The fraction of sp³-hybridized carbons (Fsp3) is 0.545. The molecule has 19 heavy (non-hydrogen) atoms. The van der Waals surface area contributed by atoms with Gasteiger partial charge in [0.05, 0.1) is 6.10 Å². The number of anilines is 1. The molecule has 0 spiro atoms. The molecular formula is C11H16BrN3O3S. The number of likely N-dealkylation sites (N-methyl/N-ethyl adjacent to an activating group) is 1. The lowest BCUT2D eigenvalue weighted by Gasteiger charge is -2.21. The van der Waals surface area contributed by atoms with E-state index in [0.717, 1.165) is 12.8 Å². The third-order valence-corrected chi connectivity index (χ3v) is 5.31. The molecule has 0 bridgehead atoms. The van der Waals surface area contributed by atoms with Gasteiger partial charge in [0, 0.05) is 30.9 Å². The normalized spacial score (nSPS) is 20.1. The molecule has 0 aromatic carbocycles. The van der Waals surface area contributed by atoms with Crippen molar-refractivity contribution in [2.45, 2.75) is 23.8 Å². The summed E-state index contributed by atoms with van der Waals surface area (Å²) < 4.78 is 32.1. The van der Waals surface area contributed by atoms with Gasteiger partial charge in [0.2, 0.25) is 10.0 Å². The zero-order valence-corrected chi connectivity index (χ0v) is 12.9. The first kappa shape index (κ1) is 14.7. The van der Waals surface area contributed by atoms with Crippen molar-refractivity contribution >= 4 is 31.8 Å². The van der Waals surface area contributed by atoms with Crippen LogP contribution < -0.4 is 5.73 Å². The van der Waals surface area contributed by atoms with E-state index in [0.29, 0.717) is 17.6 Å². The van der Waals surface area contributed by atoms with Crippen LogP contribution in [0.4, 0.5) is 5.82 Å². The van der Waals surface area contributed by atoms with Crippen molar-refractivity contribution in [1.29, 1.82) is 0 Å². The molecule has 2 heterocycles. The second kappa shape index (κ2) is 5.74. The topological polar surface area (TPSA) is 85.5 Å². The first-order valence-electron chi connectivity index (χ1n) is 5.90. The number of halogens is 1. The number of nitrogens with zero attached hydrogens (tertiary/aromatic N) is 2. The van der Waals surface area contributed by atoms with Crippen molar-refractivity contribution in [2.75, 3.05) is 25.9 Å². The lowest BCUT2D eigenvalue weighted by molar-refractivity contribution is 0.0979. The summed E-state index contributed by atoms with van der Waals surface area (Å²) in [6.45, 7) is 1.02. The van der Waals surface area contributed by atoms with Crippen LogP contribution in [0.15, 0.2) is 21.6 Å².